The number of primary sulfonamides is 1. The van der Waals surface area contributed by atoms with E-state index in [0.717, 1.165) is 23.3 Å². The summed E-state index contributed by atoms with van der Waals surface area (Å²) in [7, 11) is -3.72. The smallest absolute Gasteiger partial charge is 0.338 e. The molecule has 0 unspecified atom stereocenters. The maximum atomic E-state index is 12.1. The number of hydrogen-bond acceptors (Lipinski definition) is 6. The van der Waals surface area contributed by atoms with Gasteiger partial charge < -0.3 is 14.8 Å². The number of esters is 1. The van der Waals surface area contributed by atoms with Crippen LogP contribution in [0.25, 0.3) is 0 Å². The Kier molecular flexibility index (Phi) is 5.96. The van der Waals surface area contributed by atoms with E-state index in [0.29, 0.717) is 25.1 Å². The van der Waals surface area contributed by atoms with Crippen LogP contribution >= 0.6 is 0 Å². The van der Waals surface area contributed by atoms with Gasteiger partial charge in [0.15, 0.2) is 6.61 Å². The molecule has 2 aromatic carbocycles. The molecule has 0 bridgehead atoms. The number of nitrogens with one attached hydrogen (secondary N) is 1. The molecule has 1 heterocycles. The average Bonchev–Trinajstić information content (AvgIpc) is 3.13. The van der Waals surface area contributed by atoms with Gasteiger partial charge in [-0.05, 0) is 47.9 Å². The number of fused-ring (bicyclic) bond motifs is 1. The Morgan fingerprint density at radius 3 is 2.61 bits per heavy atom. The predicted molar refractivity (Wildman–Crippen MR) is 100 cm³/mol. The highest BCUT2D eigenvalue weighted by molar-refractivity contribution is 7.89. The van der Waals surface area contributed by atoms with Gasteiger partial charge in [0, 0.05) is 13.0 Å². The summed E-state index contributed by atoms with van der Waals surface area (Å²) in [6.45, 7) is 0.541. The molecule has 2 aromatic rings. The zero-order valence-electron chi connectivity index (χ0n) is 15.0. The van der Waals surface area contributed by atoms with Crippen LogP contribution in [-0.2, 0) is 32.4 Å². The standard InChI is InChI=1S/C19H20N2O6S/c20-28(24,25)16-4-1-13(2-5-16)7-9-21-18(22)12-27-19(23)15-3-6-17-14(11-15)8-10-26-17/h1-6,11H,7-10,12H2,(H,21,22)(H2,20,24,25). The number of carbonyl (C=O) groups is 2. The average molecular weight is 404 g/mol. The van der Waals surface area contributed by atoms with E-state index in [1.54, 1.807) is 30.3 Å². The van der Waals surface area contributed by atoms with E-state index in [2.05, 4.69) is 5.32 Å². The zero-order chi connectivity index (χ0) is 20.1. The molecule has 3 N–H and O–H groups in total. The molecule has 0 aromatic heterocycles. The maximum absolute atomic E-state index is 12.1. The van der Waals surface area contributed by atoms with Gasteiger partial charge in [-0.2, -0.15) is 0 Å². The number of rotatable bonds is 7. The number of ether oxygens (including phenoxy) is 2. The minimum atomic E-state index is -3.72. The molecule has 3 rings (SSSR count). The number of benzene rings is 2. The molecule has 1 amide bonds. The molecule has 148 valence electrons. The fourth-order valence-electron chi connectivity index (χ4n) is 2.77. The topological polar surface area (TPSA) is 125 Å². The van der Waals surface area contributed by atoms with Crippen molar-refractivity contribution < 1.29 is 27.5 Å². The van der Waals surface area contributed by atoms with Crippen LogP contribution in [0.15, 0.2) is 47.4 Å². The Labute approximate surface area is 162 Å². The maximum Gasteiger partial charge on any atom is 0.338 e. The highest BCUT2D eigenvalue weighted by Crippen LogP contribution is 2.26. The van der Waals surface area contributed by atoms with Crippen molar-refractivity contribution in [2.75, 3.05) is 19.8 Å². The summed E-state index contributed by atoms with van der Waals surface area (Å²) in [5.74, 6) is -0.214. The summed E-state index contributed by atoms with van der Waals surface area (Å²) in [5.41, 5.74) is 2.17. The van der Waals surface area contributed by atoms with Crippen molar-refractivity contribution >= 4 is 21.9 Å². The van der Waals surface area contributed by atoms with Gasteiger partial charge in [-0.15, -0.1) is 0 Å². The Morgan fingerprint density at radius 2 is 1.89 bits per heavy atom. The molecular formula is C19H20N2O6S. The highest BCUT2D eigenvalue weighted by Gasteiger charge is 2.16. The van der Waals surface area contributed by atoms with E-state index in [-0.39, 0.29) is 11.5 Å². The third kappa shape index (κ3) is 5.08. The van der Waals surface area contributed by atoms with Gasteiger partial charge in [0.05, 0.1) is 17.1 Å². The monoisotopic (exact) mass is 404 g/mol. The van der Waals surface area contributed by atoms with Crippen molar-refractivity contribution in [1.82, 2.24) is 5.32 Å². The van der Waals surface area contributed by atoms with Gasteiger partial charge in [-0.1, -0.05) is 12.1 Å². The number of hydrogen-bond donors (Lipinski definition) is 2. The first-order valence-corrected chi connectivity index (χ1v) is 10.2. The van der Waals surface area contributed by atoms with Crippen LogP contribution in [0.3, 0.4) is 0 Å². The van der Waals surface area contributed by atoms with E-state index >= 15 is 0 Å². The largest absolute Gasteiger partial charge is 0.493 e. The lowest BCUT2D eigenvalue weighted by atomic mass is 10.1. The molecule has 0 fully saturated rings. The minimum absolute atomic E-state index is 0.0327. The first-order chi connectivity index (χ1) is 13.3. The van der Waals surface area contributed by atoms with Crippen LogP contribution < -0.4 is 15.2 Å². The van der Waals surface area contributed by atoms with Crippen LogP contribution in [0, 0.1) is 0 Å². The van der Waals surface area contributed by atoms with E-state index in [1.807, 2.05) is 0 Å². The highest BCUT2D eigenvalue weighted by atomic mass is 32.2. The lowest BCUT2D eigenvalue weighted by molar-refractivity contribution is -0.124. The van der Waals surface area contributed by atoms with Crippen molar-refractivity contribution in [3.05, 3.63) is 59.2 Å². The van der Waals surface area contributed by atoms with Crippen LogP contribution in [0.4, 0.5) is 0 Å². The van der Waals surface area contributed by atoms with Gasteiger partial charge in [-0.25, -0.2) is 18.4 Å². The van der Waals surface area contributed by atoms with Crippen molar-refractivity contribution in [3.63, 3.8) is 0 Å². The van der Waals surface area contributed by atoms with E-state index in [9.17, 15) is 18.0 Å². The summed E-state index contributed by atoms with van der Waals surface area (Å²) in [5, 5.41) is 7.69. The van der Waals surface area contributed by atoms with Crippen LogP contribution in [-0.4, -0.2) is 40.1 Å². The Morgan fingerprint density at radius 1 is 1.14 bits per heavy atom. The lowest BCUT2D eigenvalue weighted by Gasteiger charge is -2.08. The van der Waals surface area contributed by atoms with Crippen molar-refractivity contribution in [1.29, 1.82) is 0 Å². The second-order valence-electron chi connectivity index (χ2n) is 6.29. The number of carbonyl (C=O) groups excluding carboxylic acids is 2. The van der Waals surface area contributed by atoms with Gasteiger partial charge >= 0.3 is 5.97 Å². The fourth-order valence-corrected chi connectivity index (χ4v) is 3.29. The Bertz CT molecular complexity index is 986. The number of sulfonamides is 1. The number of amides is 1. The summed E-state index contributed by atoms with van der Waals surface area (Å²) in [6.07, 6.45) is 1.24. The molecule has 0 radical (unpaired) electrons. The summed E-state index contributed by atoms with van der Waals surface area (Å²) >= 11 is 0. The molecule has 0 saturated carbocycles. The summed E-state index contributed by atoms with van der Waals surface area (Å²) in [6, 6.07) is 11.1. The molecule has 0 saturated heterocycles. The first-order valence-electron chi connectivity index (χ1n) is 8.64. The van der Waals surface area contributed by atoms with Gasteiger partial charge in [0.2, 0.25) is 10.0 Å². The Balaban J connectivity index is 1.41. The third-order valence-corrected chi connectivity index (χ3v) is 5.18. The molecular weight excluding hydrogens is 384 g/mol. The molecule has 0 aliphatic carbocycles. The molecule has 1 aliphatic rings. The van der Waals surface area contributed by atoms with Crippen LogP contribution in [0.2, 0.25) is 0 Å². The normalized spacial score (nSPS) is 12.8. The molecule has 1 aliphatic heterocycles. The van der Waals surface area contributed by atoms with Crippen LogP contribution in [0.5, 0.6) is 5.75 Å². The predicted octanol–water partition coefficient (Wildman–Crippen LogP) is 0.785. The second-order valence-corrected chi connectivity index (χ2v) is 7.85. The SMILES string of the molecule is NS(=O)(=O)c1ccc(CCNC(=O)COC(=O)c2ccc3c(c2)CCO3)cc1. The molecule has 9 heteroatoms. The summed E-state index contributed by atoms with van der Waals surface area (Å²) in [4.78, 5) is 23.9. The van der Waals surface area contributed by atoms with Crippen molar-refractivity contribution in [2.45, 2.75) is 17.7 Å². The lowest BCUT2D eigenvalue weighted by Crippen LogP contribution is -2.30. The molecule has 28 heavy (non-hydrogen) atoms. The van der Waals surface area contributed by atoms with Crippen molar-refractivity contribution in [2.24, 2.45) is 5.14 Å². The number of nitrogens with two attached hydrogens (primary N) is 1. The van der Waals surface area contributed by atoms with E-state index in [1.165, 1.54) is 12.1 Å². The molecule has 0 atom stereocenters. The van der Waals surface area contributed by atoms with Gasteiger partial charge in [0.25, 0.3) is 5.91 Å². The van der Waals surface area contributed by atoms with Gasteiger partial charge in [-0.3, -0.25) is 4.79 Å². The fraction of sp³-hybridized carbons (Fsp3) is 0.263. The van der Waals surface area contributed by atoms with Crippen LogP contribution in [0.1, 0.15) is 21.5 Å². The minimum Gasteiger partial charge on any atom is -0.493 e. The second kappa shape index (κ2) is 8.41. The molecule has 0 spiro atoms. The summed E-state index contributed by atoms with van der Waals surface area (Å²) < 4.78 is 32.8. The molecule has 8 nitrogen and oxygen atoms in total. The Hall–Kier alpha value is -2.91. The van der Waals surface area contributed by atoms with Gasteiger partial charge in [0.1, 0.15) is 5.75 Å². The quantitative estimate of drug-likeness (QED) is 0.657. The van der Waals surface area contributed by atoms with E-state index < -0.39 is 21.9 Å². The first kappa shape index (κ1) is 19.8. The van der Waals surface area contributed by atoms with E-state index in [4.69, 9.17) is 14.6 Å². The van der Waals surface area contributed by atoms with Crippen molar-refractivity contribution in [3.8, 4) is 5.75 Å². The zero-order valence-corrected chi connectivity index (χ0v) is 15.8. The third-order valence-electron chi connectivity index (χ3n) is 4.25.